The number of nitrogens with two attached hydrogens (primary N) is 1. The second-order valence-corrected chi connectivity index (χ2v) is 4.03. The fourth-order valence-electron chi connectivity index (χ4n) is 0.587. The molecule has 0 aromatic heterocycles. The van der Waals surface area contributed by atoms with Crippen LogP contribution in [0.1, 0.15) is 20.3 Å². The van der Waals surface area contributed by atoms with E-state index in [0.29, 0.717) is 5.75 Å². The number of thioether (sulfide) groups is 1. The van der Waals surface area contributed by atoms with E-state index in [0.717, 1.165) is 11.8 Å². The quantitative estimate of drug-likeness (QED) is 0.674. The van der Waals surface area contributed by atoms with Gasteiger partial charge in [0, 0.05) is 6.42 Å². The number of hydrogen-bond donors (Lipinski definition) is 2. The van der Waals surface area contributed by atoms with Crippen LogP contribution in [-0.2, 0) is 9.59 Å². The molecule has 0 aromatic rings. The molecule has 0 aliphatic heterocycles. The van der Waals surface area contributed by atoms with Crippen molar-refractivity contribution in [3.05, 3.63) is 0 Å². The number of carboxylic acid groups (broad SMARTS) is 1. The zero-order valence-corrected chi connectivity index (χ0v) is 7.98. The van der Waals surface area contributed by atoms with Gasteiger partial charge in [0.05, 0.1) is 0 Å². The van der Waals surface area contributed by atoms with Gasteiger partial charge in [-0.1, -0.05) is 18.7 Å². The summed E-state index contributed by atoms with van der Waals surface area (Å²) < 4.78 is 0. The summed E-state index contributed by atoms with van der Waals surface area (Å²) in [5.74, 6) is -0.498. The van der Waals surface area contributed by atoms with Crippen molar-refractivity contribution in [1.29, 1.82) is 0 Å². The van der Waals surface area contributed by atoms with E-state index < -0.39 is 11.5 Å². The predicted octanol–water partition coefficient (Wildman–Crippen LogP) is 0.458. The Kier molecular flexibility index (Phi) is 4.26. The highest BCUT2D eigenvalue weighted by atomic mass is 32.2. The summed E-state index contributed by atoms with van der Waals surface area (Å²) in [4.78, 5) is 21.5. The van der Waals surface area contributed by atoms with Crippen molar-refractivity contribution in [2.45, 2.75) is 25.8 Å². The van der Waals surface area contributed by atoms with Crippen molar-refractivity contribution in [1.82, 2.24) is 0 Å². The van der Waals surface area contributed by atoms with Crippen LogP contribution in [0.5, 0.6) is 0 Å². The minimum absolute atomic E-state index is 0.124. The molecule has 3 N–H and O–H groups in total. The van der Waals surface area contributed by atoms with Crippen LogP contribution in [-0.4, -0.2) is 27.5 Å². The van der Waals surface area contributed by atoms with Crippen LogP contribution in [0, 0.1) is 0 Å². The number of rotatable bonds is 4. The average Bonchev–Trinajstić information content (AvgIpc) is 1.85. The fraction of sp³-hybridized carbons (Fsp3) is 0.714. The van der Waals surface area contributed by atoms with Gasteiger partial charge in [0.2, 0.25) is 0 Å². The van der Waals surface area contributed by atoms with E-state index in [1.165, 1.54) is 6.92 Å². The summed E-state index contributed by atoms with van der Waals surface area (Å²) in [5, 5.41) is 8.40. The van der Waals surface area contributed by atoms with Gasteiger partial charge < -0.3 is 10.8 Å². The van der Waals surface area contributed by atoms with Crippen molar-refractivity contribution in [2.75, 3.05) is 5.75 Å². The molecule has 0 aromatic carbocycles. The van der Waals surface area contributed by atoms with Crippen LogP contribution in [0.2, 0.25) is 0 Å². The number of carboxylic acids is 1. The van der Waals surface area contributed by atoms with Gasteiger partial charge in [-0.05, 0) is 12.7 Å². The summed E-state index contributed by atoms with van der Waals surface area (Å²) in [6.07, 6.45) is -0.124. The topological polar surface area (TPSA) is 80.4 Å². The smallest absolute Gasteiger partial charge is 0.323 e. The Hall–Kier alpha value is -0.550. The van der Waals surface area contributed by atoms with E-state index in [1.807, 2.05) is 6.92 Å². The van der Waals surface area contributed by atoms with Gasteiger partial charge in [-0.3, -0.25) is 9.59 Å². The Balaban J connectivity index is 4.06. The molecule has 0 saturated carbocycles. The molecule has 12 heavy (non-hydrogen) atoms. The van der Waals surface area contributed by atoms with Crippen LogP contribution < -0.4 is 5.73 Å². The molecule has 4 nitrogen and oxygen atoms in total. The first kappa shape index (κ1) is 11.4. The van der Waals surface area contributed by atoms with E-state index in [4.69, 9.17) is 10.8 Å². The molecule has 1 unspecified atom stereocenters. The molecule has 0 radical (unpaired) electrons. The molecule has 0 rings (SSSR count). The summed E-state index contributed by atoms with van der Waals surface area (Å²) in [5.41, 5.74) is 3.93. The summed E-state index contributed by atoms with van der Waals surface area (Å²) >= 11 is 1.09. The van der Waals surface area contributed by atoms with Gasteiger partial charge >= 0.3 is 5.97 Å². The van der Waals surface area contributed by atoms with Crippen LogP contribution in [0.3, 0.4) is 0 Å². The third-order valence-corrected chi connectivity index (χ3v) is 2.06. The van der Waals surface area contributed by atoms with Crippen molar-refractivity contribution in [3.63, 3.8) is 0 Å². The zero-order valence-electron chi connectivity index (χ0n) is 7.16. The standard InChI is InChI=1S/C7H13NO3S/c1-3-12-5(9)4-7(2,8)6(10)11/h3-4,8H2,1-2H3,(H,10,11). The molecular weight excluding hydrogens is 178 g/mol. The Bertz CT molecular complexity index is 191. The second-order valence-electron chi connectivity index (χ2n) is 2.70. The molecule has 0 amide bonds. The minimum atomic E-state index is -1.43. The number of aliphatic carboxylic acids is 1. The second kappa shape index (κ2) is 4.47. The van der Waals surface area contributed by atoms with E-state index in [1.54, 1.807) is 0 Å². The first-order chi connectivity index (χ1) is 5.40. The summed E-state index contributed by atoms with van der Waals surface area (Å²) in [7, 11) is 0. The lowest BCUT2D eigenvalue weighted by atomic mass is 10.0. The van der Waals surface area contributed by atoms with Crippen LogP contribution >= 0.6 is 11.8 Å². The molecule has 0 saturated heterocycles. The van der Waals surface area contributed by atoms with Gasteiger partial charge in [-0.2, -0.15) is 0 Å². The molecule has 0 spiro atoms. The highest BCUT2D eigenvalue weighted by molar-refractivity contribution is 8.13. The third-order valence-electron chi connectivity index (χ3n) is 1.31. The predicted molar refractivity (Wildman–Crippen MR) is 48.0 cm³/mol. The fourth-order valence-corrected chi connectivity index (χ4v) is 1.31. The van der Waals surface area contributed by atoms with E-state index in [2.05, 4.69) is 0 Å². The van der Waals surface area contributed by atoms with E-state index in [-0.39, 0.29) is 11.5 Å². The monoisotopic (exact) mass is 191 g/mol. The van der Waals surface area contributed by atoms with Crippen molar-refractivity contribution in [2.24, 2.45) is 5.73 Å². The number of carbonyl (C=O) groups is 2. The first-order valence-electron chi connectivity index (χ1n) is 3.58. The Morgan fingerprint density at radius 3 is 2.42 bits per heavy atom. The molecule has 0 fully saturated rings. The van der Waals surface area contributed by atoms with Gasteiger partial charge in [0.1, 0.15) is 5.54 Å². The molecule has 70 valence electrons. The summed E-state index contributed by atoms with van der Waals surface area (Å²) in [6.45, 7) is 3.17. The lowest BCUT2D eigenvalue weighted by molar-refractivity contribution is -0.143. The van der Waals surface area contributed by atoms with Gasteiger partial charge in [-0.25, -0.2) is 0 Å². The van der Waals surface area contributed by atoms with Crippen molar-refractivity contribution in [3.8, 4) is 0 Å². The first-order valence-corrected chi connectivity index (χ1v) is 4.56. The van der Waals surface area contributed by atoms with Crippen LogP contribution in [0.4, 0.5) is 0 Å². The van der Waals surface area contributed by atoms with Crippen molar-refractivity contribution >= 4 is 22.8 Å². The zero-order chi connectivity index (χ0) is 9.78. The van der Waals surface area contributed by atoms with Gasteiger partial charge in [0.15, 0.2) is 5.12 Å². The molecular formula is C7H13NO3S. The molecule has 0 aliphatic carbocycles. The average molecular weight is 191 g/mol. The lowest BCUT2D eigenvalue weighted by Gasteiger charge is -2.16. The highest BCUT2D eigenvalue weighted by Gasteiger charge is 2.30. The van der Waals surface area contributed by atoms with Gasteiger partial charge in [0.25, 0.3) is 0 Å². The maximum atomic E-state index is 11.0. The minimum Gasteiger partial charge on any atom is -0.480 e. The molecule has 0 aliphatic rings. The molecule has 0 bridgehead atoms. The van der Waals surface area contributed by atoms with Crippen LogP contribution in [0.15, 0.2) is 0 Å². The number of carbonyl (C=O) groups excluding carboxylic acids is 1. The third kappa shape index (κ3) is 3.73. The van der Waals surface area contributed by atoms with Crippen molar-refractivity contribution < 1.29 is 14.7 Å². The maximum Gasteiger partial charge on any atom is 0.323 e. The lowest BCUT2D eigenvalue weighted by Crippen LogP contribution is -2.46. The Morgan fingerprint density at radius 1 is 1.58 bits per heavy atom. The Labute approximate surface area is 75.5 Å². The largest absolute Gasteiger partial charge is 0.480 e. The normalized spacial score (nSPS) is 15.2. The van der Waals surface area contributed by atoms with Crippen LogP contribution in [0.25, 0.3) is 0 Å². The van der Waals surface area contributed by atoms with E-state index in [9.17, 15) is 9.59 Å². The number of hydrogen-bond acceptors (Lipinski definition) is 4. The summed E-state index contributed by atoms with van der Waals surface area (Å²) in [6, 6.07) is 0. The van der Waals surface area contributed by atoms with Gasteiger partial charge in [-0.15, -0.1) is 0 Å². The maximum absolute atomic E-state index is 11.0. The molecule has 5 heteroatoms. The molecule has 1 atom stereocenters. The van der Waals surface area contributed by atoms with E-state index >= 15 is 0 Å². The Morgan fingerprint density at radius 2 is 2.08 bits per heavy atom. The SMILES string of the molecule is CCSC(=O)CC(C)(N)C(=O)O. The highest BCUT2D eigenvalue weighted by Crippen LogP contribution is 2.13. The molecule has 0 heterocycles.